The summed E-state index contributed by atoms with van der Waals surface area (Å²) in [4.78, 5) is 1.10. The van der Waals surface area contributed by atoms with Gasteiger partial charge in [0.25, 0.3) is 0 Å². The molecule has 0 aliphatic rings. The van der Waals surface area contributed by atoms with Crippen molar-refractivity contribution < 1.29 is 8.42 Å². The van der Waals surface area contributed by atoms with Crippen LogP contribution < -0.4 is 10.0 Å². The van der Waals surface area contributed by atoms with Crippen LogP contribution in [0.25, 0.3) is 0 Å². The lowest BCUT2D eigenvalue weighted by molar-refractivity contribution is 0.577. The van der Waals surface area contributed by atoms with Crippen molar-refractivity contribution in [3.63, 3.8) is 0 Å². The number of rotatable bonds is 8. The SMILES string of the molecule is CCNCCCNS(=O)(=O)c1ccc(CC)s1. The van der Waals surface area contributed by atoms with Crippen molar-refractivity contribution in [1.29, 1.82) is 0 Å². The molecule has 0 radical (unpaired) electrons. The zero-order chi connectivity index (χ0) is 12.7. The van der Waals surface area contributed by atoms with E-state index in [-0.39, 0.29) is 0 Å². The van der Waals surface area contributed by atoms with Crippen LogP contribution in [-0.4, -0.2) is 28.1 Å². The van der Waals surface area contributed by atoms with Crippen LogP contribution in [0.15, 0.2) is 16.3 Å². The average molecular weight is 276 g/mol. The van der Waals surface area contributed by atoms with E-state index < -0.39 is 10.0 Å². The Labute approximate surface area is 107 Å². The Morgan fingerprint density at radius 1 is 1.24 bits per heavy atom. The first-order valence-electron chi connectivity index (χ1n) is 5.89. The van der Waals surface area contributed by atoms with E-state index in [0.29, 0.717) is 10.8 Å². The molecule has 0 unspecified atom stereocenters. The van der Waals surface area contributed by atoms with Crippen molar-refractivity contribution in [2.75, 3.05) is 19.6 Å². The molecule has 1 rings (SSSR count). The Hall–Kier alpha value is -0.430. The molecule has 0 saturated heterocycles. The lowest BCUT2D eigenvalue weighted by Crippen LogP contribution is -2.26. The molecule has 0 amide bonds. The van der Waals surface area contributed by atoms with Gasteiger partial charge < -0.3 is 5.32 Å². The summed E-state index contributed by atoms with van der Waals surface area (Å²) in [5.74, 6) is 0. The third-order valence-electron chi connectivity index (χ3n) is 2.32. The molecule has 0 aliphatic heterocycles. The summed E-state index contributed by atoms with van der Waals surface area (Å²) in [5, 5.41) is 3.16. The minimum Gasteiger partial charge on any atom is -0.317 e. The Balaban J connectivity index is 2.45. The molecule has 1 heterocycles. The van der Waals surface area contributed by atoms with Crippen molar-refractivity contribution in [3.05, 3.63) is 17.0 Å². The van der Waals surface area contributed by atoms with Crippen molar-refractivity contribution in [2.24, 2.45) is 0 Å². The minimum absolute atomic E-state index is 0.415. The van der Waals surface area contributed by atoms with Gasteiger partial charge in [0, 0.05) is 11.4 Å². The van der Waals surface area contributed by atoms with E-state index >= 15 is 0 Å². The smallest absolute Gasteiger partial charge is 0.250 e. The third-order valence-corrected chi connectivity index (χ3v) is 5.51. The van der Waals surface area contributed by atoms with E-state index in [1.165, 1.54) is 11.3 Å². The molecule has 0 bridgehead atoms. The molecule has 0 saturated carbocycles. The highest BCUT2D eigenvalue weighted by Gasteiger charge is 2.15. The van der Waals surface area contributed by atoms with Gasteiger partial charge >= 0.3 is 0 Å². The summed E-state index contributed by atoms with van der Waals surface area (Å²) >= 11 is 1.34. The van der Waals surface area contributed by atoms with Gasteiger partial charge in [0.2, 0.25) is 10.0 Å². The Morgan fingerprint density at radius 3 is 2.59 bits per heavy atom. The maximum absolute atomic E-state index is 11.9. The summed E-state index contributed by atoms with van der Waals surface area (Å²) < 4.78 is 26.8. The average Bonchev–Trinajstić information content (AvgIpc) is 2.78. The van der Waals surface area contributed by atoms with Gasteiger partial charge in [0.15, 0.2) is 0 Å². The van der Waals surface area contributed by atoms with Crippen molar-refractivity contribution in [3.8, 4) is 0 Å². The molecule has 4 nitrogen and oxygen atoms in total. The molecule has 0 spiro atoms. The fourth-order valence-electron chi connectivity index (χ4n) is 1.36. The number of sulfonamides is 1. The van der Waals surface area contributed by atoms with Crippen LogP contribution in [0.4, 0.5) is 0 Å². The van der Waals surface area contributed by atoms with Crippen LogP contribution >= 0.6 is 11.3 Å². The van der Waals surface area contributed by atoms with Crippen molar-refractivity contribution in [1.82, 2.24) is 10.0 Å². The molecule has 2 N–H and O–H groups in total. The number of thiophene rings is 1. The lowest BCUT2D eigenvalue weighted by Gasteiger charge is -2.04. The van der Waals surface area contributed by atoms with Crippen LogP contribution in [0.5, 0.6) is 0 Å². The zero-order valence-electron chi connectivity index (χ0n) is 10.3. The van der Waals surface area contributed by atoms with Gasteiger partial charge in [0.1, 0.15) is 4.21 Å². The molecule has 1 aromatic rings. The summed E-state index contributed by atoms with van der Waals surface area (Å²) in [6.45, 7) is 6.28. The highest BCUT2D eigenvalue weighted by molar-refractivity contribution is 7.91. The molecule has 0 fully saturated rings. The molecule has 0 aliphatic carbocycles. The van der Waals surface area contributed by atoms with Gasteiger partial charge in [-0.15, -0.1) is 11.3 Å². The van der Waals surface area contributed by atoms with E-state index in [4.69, 9.17) is 0 Å². The second kappa shape index (κ2) is 7.10. The normalized spacial score (nSPS) is 11.9. The predicted octanol–water partition coefficient (Wildman–Crippen LogP) is 1.59. The van der Waals surface area contributed by atoms with Crippen molar-refractivity contribution >= 4 is 21.4 Å². The van der Waals surface area contributed by atoms with Crippen LogP contribution in [-0.2, 0) is 16.4 Å². The first-order chi connectivity index (χ1) is 8.10. The summed E-state index contributed by atoms with van der Waals surface area (Å²) in [5.41, 5.74) is 0. The van der Waals surface area contributed by atoms with E-state index in [1.54, 1.807) is 6.07 Å². The van der Waals surface area contributed by atoms with Gasteiger partial charge in [-0.1, -0.05) is 13.8 Å². The van der Waals surface area contributed by atoms with E-state index in [2.05, 4.69) is 10.0 Å². The maximum Gasteiger partial charge on any atom is 0.250 e. The second-order valence-corrected chi connectivity index (χ2v) is 6.84. The molecule has 6 heteroatoms. The molecule has 17 heavy (non-hydrogen) atoms. The molecule has 0 aromatic carbocycles. The van der Waals surface area contributed by atoms with Gasteiger partial charge in [0.05, 0.1) is 0 Å². The molecular weight excluding hydrogens is 256 g/mol. The summed E-state index contributed by atoms with van der Waals surface area (Å²) in [7, 11) is -3.30. The Morgan fingerprint density at radius 2 is 2.00 bits per heavy atom. The highest BCUT2D eigenvalue weighted by Crippen LogP contribution is 2.21. The fraction of sp³-hybridized carbons (Fsp3) is 0.636. The van der Waals surface area contributed by atoms with Gasteiger partial charge in [-0.3, -0.25) is 0 Å². The monoisotopic (exact) mass is 276 g/mol. The van der Waals surface area contributed by atoms with Gasteiger partial charge in [-0.05, 0) is 38.1 Å². The summed E-state index contributed by atoms with van der Waals surface area (Å²) in [6.07, 6.45) is 1.68. The highest BCUT2D eigenvalue weighted by atomic mass is 32.2. The van der Waals surface area contributed by atoms with E-state index in [9.17, 15) is 8.42 Å². The molecule has 1 aromatic heterocycles. The number of hydrogen-bond donors (Lipinski definition) is 2. The first-order valence-corrected chi connectivity index (χ1v) is 8.19. The quantitative estimate of drug-likeness (QED) is 0.709. The van der Waals surface area contributed by atoms with Crippen LogP contribution in [0, 0.1) is 0 Å². The lowest BCUT2D eigenvalue weighted by atomic mass is 10.4. The molecule has 98 valence electrons. The number of nitrogens with one attached hydrogen (secondary N) is 2. The number of aryl methyl sites for hydroxylation is 1. The van der Waals surface area contributed by atoms with E-state index in [0.717, 1.165) is 30.8 Å². The summed E-state index contributed by atoms with van der Waals surface area (Å²) in [6, 6.07) is 3.55. The molecule has 0 atom stereocenters. The third kappa shape index (κ3) is 4.75. The largest absolute Gasteiger partial charge is 0.317 e. The van der Waals surface area contributed by atoms with Crippen LogP contribution in [0.1, 0.15) is 25.1 Å². The van der Waals surface area contributed by atoms with Gasteiger partial charge in [-0.25, -0.2) is 13.1 Å². The van der Waals surface area contributed by atoms with Crippen molar-refractivity contribution in [2.45, 2.75) is 30.9 Å². The van der Waals surface area contributed by atoms with E-state index in [1.807, 2.05) is 19.9 Å². The molecular formula is C11H20N2O2S2. The van der Waals surface area contributed by atoms with Crippen LogP contribution in [0.3, 0.4) is 0 Å². The maximum atomic E-state index is 11.9. The fourth-order valence-corrected chi connectivity index (χ4v) is 3.77. The van der Waals surface area contributed by atoms with Crippen LogP contribution in [0.2, 0.25) is 0 Å². The topological polar surface area (TPSA) is 58.2 Å². The minimum atomic E-state index is -3.30. The Bertz CT molecular complexity index is 426. The standard InChI is InChI=1S/C11H20N2O2S2/c1-3-10-6-7-11(16-10)17(14,15)13-9-5-8-12-4-2/h6-7,12-13H,3-5,8-9H2,1-2H3. The Kier molecular flexibility index (Phi) is 6.11. The number of hydrogen-bond acceptors (Lipinski definition) is 4. The second-order valence-electron chi connectivity index (χ2n) is 3.68. The predicted molar refractivity (Wildman–Crippen MR) is 72.0 cm³/mol. The zero-order valence-corrected chi connectivity index (χ0v) is 12.0. The van der Waals surface area contributed by atoms with Gasteiger partial charge in [-0.2, -0.15) is 0 Å². The first kappa shape index (κ1) is 14.6.